The molecule has 0 bridgehead atoms. The van der Waals surface area contributed by atoms with Crippen LogP contribution in [0.3, 0.4) is 0 Å². The lowest BCUT2D eigenvalue weighted by Gasteiger charge is -2.13. The number of hydrogen-bond donors (Lipinski definition) is 3. The third-order valence-corrected chi connectivity index (χ3v) is 2.74. The zero-order valence-electron chi connectivity index (χ0n) is 10.3. The topological polar surface area (TPSA) is 92.4 Å². The largest absolute Gasteiger partial charge is 0.481 e. The van der Waals surface area contributed by atoms with Gasteiger partial charge < -0.3 is 16.2 Å². The van der Waals surface area contributed by atoms with Gasteiger partial charge in [0.1, 0.15) is 6.04 Å². The van der Waals surface area contributed by atoms with Crippen molar-refractivity contribution in [1.29, 1.82) is 0 Å². The maximum Gasteiger partial charge on any atom is 0.306 e. The summed E-state index contributed by atoms with van der Waals surface area (Å²) in [6.07, 6.45) is 0.391. The van der Waals surface area contributed by atoms with Crippen LogP contribution in [-0.2, 0) is 9.59 Å². The molecule has 2 atom stereocenters. The molecule has 0 saturated heterocycles. The number of carboxylic acids is 1. The summed E-state index contributed by atoms with van der Waals surface area (Å²) in [4.78, 5) is 22.3. The highest BCUT2D eigenvalue weighted by Crippen LogP contribution is 2.09. The van der Waals surface area contributed by atoms with Crippen molar-refractivity contribution in [2.45, 2.75) is 19.4 Å². The molecular formula is C13H18N2O3. The molecule has 0 aliphatic carbocycles. The van der Waals surface area contributed by atoms with Gasteiger partial charge in [-0.3, -0.25) is 9.59 Å². The Kier molecular flexibility index (Phi) is 5.32. The molecule has 0 radical (unpaired) electrons. The average molecular weight is 250 g/mol. The van der Waals surface area contributed by atoms with Crippen LogP contribution in [-0.4, -0.2) is 23.5 Å². The van der Waals surface area contributed by atoms with E-state index in [-0.39, 0.29) is 5.91 Å². The van der Waals surface area contributed by atoms with E-state index in [9.17, 15) is 9.59 Å². The number of carbonyl (C=O) groups is 2. The van der Waals surface area contributed by atoms with Gasteiger partial charge in [-0.1, -0.05) is 37.3 Å². The van der Waals surface area contributed by atoms with Gasteiger partial charge in [-0.2, -0.15) is 0 Å². The lowest BCUT2D eigenvalue weighted by molar-refractivity contribution is -0.141. The number of nitrogens with one attached hydrogen (secondary N) is 1. The number of carbonyl (C=O) groups excluding carboxylic acids is 1. The summed E-state index contributed by atoms with van der Waals surface area (Å²) in [5.74, 6) is -1.63. The quantitative estimate of drug-likeness (QED) is 0.699. The van der Waals surface area contributed by atoms with Crippen LogP contribution in [0.1, 0.15) is 24.9 Å². The van der Waals surface area contributed by atoms with Crippen LogP contribution < -0.4 is 11.1 Å². The first-order chi connectivity index (χ1) is 8.52. The van der Waals surface area contributed by atoms with Crippen molar-refractivity contribution in [2.75, 3.05) is 6.54 Å². The molecule has 5 heteroatoms. The second-order valence-electron chi connectivity index (χ2n) is 4.21. The number of hydrogen-bond acceptors (Lipinski definition) is 3. The highest BCUT2D eigenvalue weighted by molar-refractivity contribution is 5.82. The average Bonchev–Trinajstić information content (AvgIpc) is 2.38. The maximum atomic E-state index is 11.7. The number of rotatable bonds is 6. The number of nitrogens with two attached hydrogens (primary N) is 1. The van der Waals surface area contributed by atoms with Gasteiger partial charge in [0, 0.05) is 6.54 Å². The number of benzene rings is 1. The third kappa shape index (κ3) is 4.18. The van der Waals surface area contributed by atoms with Gasteiger partial charge in [0.05, 0.1) is 5.92 Å². The Hall–Kier alpha value is -1.88. The van der Waals surface area contributed by atoms with Crippen LogP contribution in [0, 0.1) is 5.92 Å². The zero-order valence-corrected chi connectivity index (χ0v) is 10.3. The summed E-state index contributed by atoms with van der Waals surface area (Å²) >= 11 is 0. The van der Waals surface area contributed by atoms with E-state index in [0.29, 0.717) is 13.0 Å². The molecule has 1 amide bonds. The Balaban J connectivity index is 2.40. The standard InChI is InChI=1S/C13H18N2O3/c1-9(13(17)18)7-8-15-12(16)11(14)10-5-3-2-4-6-10/h2-6,9,11H,7-8,14H2,1H3,(H,15,16)(H,17,18)/t9?,11-/m0/s1. The number of aliphatic carboxylic acids is 1. The third-order valence-electron chi connectivity index (χ3n) is 2.74. The lowest BCUT2D eigenvalue weighted by Crippen LogP contribution is -2.35. The maximum absolute atomic E-state index is 11.7. The monoisotopic (exact) mass is 250 g/mol. The summed E-state index contributed by atoms with van der Waals surface area (Å²) in [6.45, 7) is 1.92. The molecule has 5 nitrogen and oxygen atoms in total. The summed E-state index contributed by atoms with van der Waals surface area (Å²) in [5, 5.41) is 11.3. The minimum atomic E-state index is -0.864. The van der Waals surface area contributed by atoms with Crippen molar-refractivity contribution in [1.82, 2.24) is 5.32 Å². The van der Waals surface area contributed by atoms with E-state index in [2.05, 4.69) is 5.32 Å². The summed E-state index contributed by atoms with van der Waals surface area (Å²) < 4.78 is 0. The van der Waals surface area contributed by atoms with E-state index in [4.69, 9.17) is 10.8 Å². The van der Waals surface area contributed by atoms with Crippen molar-refractivity contribution >= 4 is 11.9 Å². The Morgan fingerprint density at radius 2 is 1.94 bits per heavy atom. The van der Waals surface area contributed by atoms with E-state index in [0.717, 1.165) is 5.56 Å². The van der Waals surface area contributed by atoms with E-state index in [1.807, 2.05) is 18.2 Å². The Morgan fingerprint density at radius 1 is 1.33 bits per heavy atom. The van der Waals surface area contributed by atoms with Gasteiger partial charge in [-0.05, 0) is 12.0 Å². The fraction of sp³-hybridized carbons (Fsp3) is 0.385. The van der Waals surface area contributed by atoms with E-state index < -0.39 is 17.9 Å². The molecule has 1 aromatic rings. The van der Waals surface area contributed by atoms with Crippen molar-refractivity contribution in [3.63, 3.8) is 0 Å². The smallest absolute Gasteiger partial charge is 0.306 e. The second-order valence-corrected chi connectivity index (χ2v) is 4.21. The summed E-state index contributed by atoms with van der Waals surface area (Å²) in [7, 11) is 0. The van der Waals surface area contributed by atoms with E-state index in [1.165, 1.54) is 0 Å². The first kappa shape index (κ1) is 14.2. The van der Waals surface area contributed by atoms with Crippen LogP contribution >= 0.6 is 0 Å². The van der Waals surface area contributed by atoms with Crippen molar-refractivity contribution in [3.05, 3.63) is 35.9 Å². The van der Waals surface area contributed by atoms with Crippen molar-refractivity contribution in [2.24, 2.45) is 11.7 Å². The summed E-state index contributed by atoms with van der Waals surface area (Å²) in [5.41, 5.74) is 6.52. The van der Waals surface area contributed by atoms with Gasteiger partial charge in [0.2, 0.25) is 5.91 Å². The Morgan fingerprint density at radius 3 is 2.50 bits per heavy atom. The van der Waals surface area contributed by atoms with Crippen LogP contribution in [0.4, 0.5) is 0 Å². The highest BCUT2D eigenvalue weighted by atomic mass is 16.4. The molecule has 0 spiro atoms. The number of amides is 1. The lowest BCUT2D eigenvalue weighted by atomic mass is 10.1. The SMILES string of the molecule is CC(CCNC(=O)[C@@H](N)c1ccccc1)C(=O)O. The molecular weight excluding hydrogens is 232 g/mol. The summed E-state index contributed by atoms with van der Waals surface area (Å²) in [6, 6.07) is 8.33. The second kappa shape index (κ2) is 6.76. The highest BCUT2D eigenvalue weighted by Gasteiger charge is 2.16. The first-order valence-corrected chi connectivity index (χ1v) is 5.83. The van der Waals surface area contributed by atoms with Crippen LogP contribution in [0.25, 0.3) is 0 Å². The minimum absolute atomic E-state index is 0.293. The van der Waals surface area contributed by atoms with Gasteiger partial charge >= 0.3 is 5.97 Å². The molecule has 0 fully saturated rings. The van der Waals surface area contributed by atoms with Gasteiger partial charge in [0.25, 0.3) is 0 Å². The van der Waals surface area contributed by atoms with Gasteiger partial charge in [0.15, 0.2) is 0 Å². The molecule has 98 valence electrons. The van der Waals surface area contributed by atoms with E-state index >= 15 is 0 Å². The molecule has 0 aliphatic heterocycles. The molecule has 0 saturated carbocycles. The molecule has 1 aromatic carbocycles. The molecule has 0 heterocycles. The van der Waals surface area contributed by atoms with Crippen LogP contribution in [0.15, 0.2) is 30.3 Å². The van der Waals surface area contributed by atoms with Gasteiger partial charge in [-0.15, -0.1) is 0 Å². The molecule has 4 N–H and O–H groups in total. The normalized spacial score (nSPS) is 13.7. The Bertz CT molecular complexity index is 406. The zero-order chi connectivity index (χ0) is 13.5. The fourth-order valence-corrected chi connectivity index (χ4v) is 1.46. The minimum Gasteiger partial charge on any atom is -0.481 e. The molecule has 0 aliphatic rings. The van der Waals surface area contributed by atoms with Crippen molar-refractivity contribution in [3.8, 4) is 0 Å². The Labute approximate surface area is 106 Å². The van der Waals surface area contributed by atoms with Crippen LogP contribution in [0.5, 0.6) is 0 Å². The predicted octanol–water partition coefficient (Wildman–Crippen LogP) is 0.913. The number of carboxylic acid groups (broad SMARTS) is 1. The van der Waals surface area contributed by atoms with Crippen LogP contribution in [0.2, 0.25) is 0 Å². The van der Waals surface area contributed by atoms with Gasteiger partial charge in [-0.25, -0.2) is 0 Å². The molecule has 1 rings (SSSR count). The molecule has 1 unspecified atom stereocenters. The molecule has 0 aromatic heterocycles. The molecule has 18 heavy (non-hydrogen) atoms. The van der Waals surface area contributed by atoms with Crippen molar-refractivity contribution < 1.29 is 14.7 Å². The predicted molar refractivity (Wildman–Crippen MR) is 67.8 cm³/mol. The first-order valence-electron chi connectivity index (χ1n) is 5.83. The fourth-order valence-electron chi connectivity index (χ4n) is 1.46. The van der Waals surface area contributed by atoms with E-state index in [1.54, 1.807) is 19.1 Å².